The van der Waals surface area contributed by atoms with Crippen LogP contribution in [0.1, 0.15) is 5.69 Å². The quantitative estimate of drug-likeness (QED) is 0.416. The summed E-state index contributed by atoms with van der Waals surface area (Å²) < 4.78 is 21.9. The van der Waals surface area contributed by atoms with Crippen molar-refractivity contribution in [2.75, 3.05) is 14.2 Å². The van der Waals surface area contributed by atoms with Crippen LogP contribution < -0.4 is 9.47 Å². The molecule has 0 saturated heterocycles. The van der Waals surface area contributed by atoms with E-state index in [9.17, 15) is 0 Å². The van der Waals surface area contributed by atoms with E-state index in [1.165, 1.54) is 11.8 Å². The van der Waals surface area contributed by atoms with Gasteiger partial charge in [-0.3, -0.25) is 0 Å². The number of hydrogen-bond acceptors (Lipinski definition) is 8. The van der Waals surface area contributed by atoms with Gasteiger partial charge in [0.05, 0.1) is 19.9 Å². The maximum atomic E-state index is 5.75. The van der Waals surface area contributed by atoms with Gasteiger partial charge in [0.15, 0.2) is 0 Å². The standard InChI is InChI=1S/C20H17N3O4S/c1-24-16-8-14(9-17(10-16)25-2)19-22-23-20(27-19)28-12-15-11-26-18(21-15)13-6-4-3-5-7-13/h3-11H,12H2,1-2H3. The Kier molecular flexibility index (Phi) is 5.29. The van der Waals surface area contributed by atoms with Gasteiger partial charge in [0.2, 0.25) is 11.8 Å². The fourth-order valence-electron chi connectivity index (χ4n) is 2.54. The minimum atomic E-state index is 0.393. The molecule has 0 radical (unpaired) electrons. The number of nitrogens with zero attached hydrogens (tertiary/aromatic N) is 3. The highest BCUT2D eigenvalue weighted by atomic mass is 32.2. The van der Waals surface area contributed by atoms with E-state index in [0.717, 1.165) is 16.8 Å². The summed E-state index contributed by atoms with van der Waals surface area (Å²) in [5.41, 5.74) is 2.46. The first kappa shape index (κ1) is 18.1. The largest absolute Gasteiger partial charge is 0.497 e. The summed E-state index contributed by atoms with van der Waals surface area (Å²) in [5.74, 6) is 2.84. The number of methoxy groups -OCH3 is 2. The first-order valence-electron chi connectivity index (χ1n) is 8.45. The van der Waals surface area contributed by atoms with Crippen LogP contribution in [0.3, 0.4) is 0 Å². The lowest BCUT2D eigenvalue weighted by molar-refractivity contribution is 0.394. The molecule has 0 spiro atoms. The molecule has 0 N–H and O–H groups in total. The number of ether oxygens (including phenoxy) is 2. The lowest BCUT2D eigenvalue weighted by atomic mass is 10.2. The van der Waals surface area contributed by atoms with Crippen molar-refractivity contribution in [2.45, 2.75) is 11.0 Å². The fourth-order valence-corrected chi connectivity index (χ4v) is 3.18. The Morgan fingerprint density at radius 1 is 0.893 bits per heavy atom. The van der Waals surface area contributed by atoms with Crippen molar-refractivity contribution >= 4 is 11.8 Å². The number of rotatable bonds is 7. The van der Waals surface area contributed by atoms with Gasteiger partial charge in [0, 0.05) is 22.9 Å². The second kappa shape index (κ2) is 8.18. The molecule has 2 heterocycles. The zero-order valence-corrected chi connectivity index (χ0v) is 16.1. The number of hydrogen-bond donors (Lipinski definition) is 0. The van der Waals surface area contributed by atoms with E-state index in [-0.39, 0.29) is 0 Å². The Labute approximate surface area is 165 Å². The van der Waals surface area contributed by atoms with E-state index in [1.807, 2.05) is 42.5 Å². The summed E-state index contributed by atoms with van der Waals surface area (Å²) in [6.45, 7) is 0. The van der Waals surface area contributed by atoms with Gasteiger partial charge in [-0.25, -0.2) is 4.98 Å². The normalized spacial score (nSPS) is 10.8. The summed E-state index contributed by atoms with van der Waals surface area (Å²) in [6, 6.07) is 15.2. The van der Waals surface area contributed by atoms with E-state index in [0.29, 0.717) is 34.3 Å². The van der Waals surface area contributed by atoms with Gasteiger partial charge in [0.1, 0.15) is 17.8 Å². The average molecular weight is 395 g/mol. The third-order valence-electron chi connectivity index (χ3n) is 3.92. The van der Waals surface area contributed by atoms with E-state index in [4.69, 9.17) is 18.3 Å². The lowest BCUT2D eigenvalue weighted by Crippen LogP contribution is -1.88. The molecule has 0 aliphatic rings. The van der Waals surface area contributed by atoms with Crippen LogP contribution in [0.4, 0.5) is 0 Å². The van der Waals surface area contributed by atoms with Crippen LogP contribution in [0.2, 0.25) is 0 Å². The summed E-state index contributed by atoms with van der Waals surface area (Å²) in [5, 5.41) is 8.65. The van der Waals surface area contributed by atoms with E-state index in [1.54, 1.807) is 26.5 Å². The molecule has 0 aliphatic heterocycles. The molecule has 0 fully saturated rings. The second-order valence-corrected chi connectivity index (χ2v) is 6.70. The molecule has 2 aromatic carbocycles. The van der Waals surface area contributed by atoms with Crippen LogP contribution >= 0.6 is 11.8 Å². The van der Waals surface area contributed by atoms with Crippen LogP contribution in [0.25, 0.3) is 22.9 Å². The Bertz CT molecular complexity index is 1040. The summed E-state index contributed by atoms with van der Waals surface area (Å²) in [4.78, 5) is 4.50. The predicted molar refractivity (Wildman–Crippen MR) is 104 cm³/mol. The minimum absolute atomic E-state index is 0.393. The van der Waals surface area contributed by atoms with Gasteiger partial charge < -0.3 is 18.3 Å². The van der Waals surface area contributed by atoms with E-state index >= 15 is 0 Å². The van der Waals surface area contributed by atoms with Gasteiger partial charge in [0.25, 0.3) is 5.22 Å². The van der Waals surface area contributed by atoms with Crippen molar-refractivity contribution in [1.82, 2.24) is 15.2 Å². The third-order valence-corrected chi connectivity index (χ3v) is 4.77. The zero-order valence-electron chi connectivity index (χ0n) is 15.3. The molecule has 8 heteroatoms. The average Bonchev–Trinajstić information content (AvgIpc) is 3.42. The molecule has 4 aromatic rings. The van der Waals surface area contributed by atoms with E-state index in [2.05, 4.69) is 15.2 Å². The Balaban J connectivity index is 1.45. The number of benzene rings is 2. The van der Waals surface area contributed by atoms with Crippen molar-refractivity contribution in [1.29, 1.82) is 0 Å². The third kappa shape index (κ3) is 4.01. The van der Waals surface area contributed by atoms with Crippen molar-refractivity contribution in [3.05, 3.63) is 60.5 Å². The maximum Gasteiger partial charge on any atom is 0.277 e. The van der Waals surface area contributed by atoms with Gasteiger partial charge in [-0.2, -0.15) is 0 Å². The molecule has 0 saturated carbocycles. The van der Waals surface area contributed by atoms with Crippen LogP contribution in [0, 0.1) is 0 Å². The molecule has 0 unspecified atom stereocenters. The predicted octanol–water partition coefficient (Wildman–Crippen LogP) is 4.70. The molecule has 142 valence electrons. The molecule has 0 aliphatic carbocycles. The van der Waals surface area contributed by atoms with Gasteiger partial charge in [-0.15, -0.1) is 10.2 Å². The first-order valence-corrected chi connectivity index (χ1v) is 9.43. The molecule has 0 bridgehead atoms. The topological polar surface area (TPSA) is 83.4 Å². The number of aromatic nitrogens is 3. The monoisotopic (exact) mass is 395 g/mol. The SMILES string of the molecule is COc1cc(OC)cc(-c2nnc(SCc3coc(-c4ccccc4)n3)o2)c1. The van der Waals surface area contributed by atoms with Crippen molar-refractivity contribution in [3.63, 3.8) is 0 Å². The van der Waals surface area contributed by atoms with Crippen LogP contribution in [0.5, 0.6) is 11.5 Å². The van der Waals surface area contributed by atoms with E-state index < -0.39 is 0 Å². The molecule has 0 atom stereocenters. The molecular formula is C20H17N3O4S. The Hall–Kier alpha value is -3.26. The molecule has 28 heavy (non-hydrogen) atoms. The van der Waals surface area contributed by atoms with Crippen LogP contribution in [-0.2, 0) is 5.75 Å². The van der Waals surface area contributed by atoms with Crippen molar-refractivity contribution in [3.8, 4) is 34.4 Å². The summed E-state index contributed by atoms with van der Waals surface area (Å²) >= 11 is 1.39. The summed E-state index contributed by atoms with van der Waals surface area (Å²) in [7, 11) is 3.19. The van der Waals surface area contributed by atoms with Gasteiger partial charge in [-0.1, -0.05) is 30.0 Å². The Morgan fingerprint density at radius 2 is 1.64 bits per heavy atom. The second-order valence-electron chi connectivity index (χ2n) is 5.77. The first-order chi connectivity index (χ1) is 13.7. The maximum absolute atomic E-state index is 5.75. The number of thioether (sulfide) groups is 1. The highest BCUT2D eigenvalue weighted by Crippen LogP contribution is 2.31. The molecule has 7 nitrogen and oxygen atoms in total. The van der Waals surface area contributed by atoms with Gasteiger partial charge in [-0.05, 0) is 24.3 Å². The Morgan fingerprint density at radius 3 is 2.36 bits per heavy atom. The fraction of sp³-hybridized carbons (Fsp3) is 0.150. The number of oxazole rings is 1. The highest BCUT2D eigenvalue weighted by Gasteiger charge is 2.13. The van der Waals surface area contributed by atoms with Crippen molar-refractivity contribution < 1.29 is 18.3 Å². The minimum Gasteiger partial charge on any atom is -0.497 e. The molecule has 4 rings (SSSR count). The lowest BCUT2D eigenvalue weighted by Gasteiger charge is -2.05. The molecule has 0 amide bonds. The van der Waals surface area contributed by atoms with Crippen LogP contribution in [-0.4, -0.2) is 29.4 Å². The zero-order chi connectivity index (χ0) is 19.3. The van der Waals surface area contributed by atoms with Crippen molar-refractivity contribution in [2.24, 2.45) is 0 Å². The highest BCUT2D eigenvalue weighted by molar-refractivity contribution is 7.98. The van der Waals surface area contributed by atoms with Gasteiger partial charge >= 0.3 is 0 Å². The smallest absolute Gasteiger partial charge is 0.277 e. The molecule has 2 aromatic heterocycles. The van der Waals surface area contributed by atoms with Crippen LogP contribution in [0.15, 0.2) is 68.9 Å². The molecular weight excluding hydrogens is 378 g/mol. The summed E-state index contributed by atoms with van der Waals surface area (Å²) in [6.07, 6.45) is 1.64.